The number of benzene rings is 3. The first-order chi connectivity index (χ1) is 15.6. The normalized spacial score (nSPS) is 15.5. The molecule has 3 amide bonds. The molecule has 1 unspecified atom stereocenters. The second-order valence-electron chi connectivity index (χ2n) is 7.68. The van der Waals surface area contributed by atoms with E-state index < -0.39 is 0 Å². The van der Waals surface area contributed by atoms with Crippen LogP contribution in [0.25, 0.3) is 10.9 Å². The van der Waals surface area contributed by atoms with E-state index in [1.807, 2.05) is 84.6 Å². The van der Waals surface area contributed by atoms with E-state index in [0.29, 0.717) is 12.2 Å². The second-order valence-corrected chi connectivity index (χ2v) is 9.06. The van der Waals surface area contributed by atoms with Crippen molar-refractivity contribution in [3.8, 4) is 0 Å². The molecule has 1 aliphatic rings. The molecule has 0 radical (unpaired) electrons. The van der Waals surface area contributed by atoms with Crippen molar-refractivity contribution in [1.82, 2.24) is 4.98 Å². The Kier molecular flexibility index (Phi) is 5.33. The number of rotatable bonds is 4. The number of nitrogens with zero attached hydrogens (tertiary/aromatic N) is 1. The predicted molar refractivity (Wildman–Crippen MR) is 130 cm³/mol. The summed E-state index contributed by atoms with van der Waals surface area (Å²) >= 11 is 1.51. The third-order valence-corrected chi connectivity index (χ3v) is 6.58. The van der Waals surface area contributed by atoms with E-state index in [0.717, 1.165) is 32.7 Å². The first-order valence-electron chi connectivity index (χ1n) is 10.4. The lowest BCUT2D eigenvalue weighted by molar-refractivity contribution is -0.118. The van der Waals surface area contributed by atoms with Crippen molar-refractivity contribution in [2.24, 2.45) is 0 Å². The van der Waals surface area contributed by atoms with Gasteiger partial charge in [0.15, 0.2) is 0 Å². The Hall–Kier alpha value is -3.71. The van der Waals surface area contributed by atoms with Gasteiger partial charge < -0.3 is 20.5 Å². The number of aromatic amines is 1. The van der Waals surface area contributed by atoms with E-state index in [1.165, 1.54) is 11.8 Å². The first kappa shape index (κ1) is 20.2. The molecule has 4 aromatic rings. The van der Waals surface area contributed by atoms with E-state index >= 15 is 0 Å². The summed E-state index contributed by atoms with van der Waals surface area (Å²) in [5.41, 5.74) is 4.30. The van der Waals surface area contributed by atoms with Gasteiger partial charge in [-0.2, -0.15) is 0 Å². The Morgan fingerprint density at radius 3 is 2.66 bits per heavy atom. The van der Waals surface area contributed by atoms with E-state index in [9.17, 15) is 9.59 Å². The zero-order valence-corrected chi connectivity index (χ0v) is 18.3. The largest absolute Gasteiger partial charge is 0.359 e. The third kappa shape index (κ3) is 3.94. The summed E-state index contributed by atoms with van der Waals surface area (Å²) in [6.45, 7) is 2.43. The lowest BCUT2D eigenvalue weighted by atomic mass is 10.1. The molecule has 1 aliphatic heterocycles. The number of fused-ring (bicyclic) bond motifs is 2. The van der Waals surface area contributed by atoms with Crippen molar-refractivity contribution in [1.29, 1.82) is 0 Å². The van der Waals surface area contributed by atoms with Crippen LogP contribution in [0.5, 0.6) is 0 Å². The van der Waals surface area contributed by atoms with Gasteiger partial charge in [-0.25, -0.2) is 4.79 Å². The van der Waals surface area contributed by atoms with Crippen LogP contribution in [-0.2, 0) is 11.3 Å². The fraction of sp³-hybridized carbons (Fsp3) is 0.120. The number of hydrogen-bond acceptors (Lipinski definition) is 3. The SMILES string of the molecule is CC1Sc2cc(NC(=O)Nc3c[nH]c4ccccc34)ccc2N(Cc2ccccc2)C1=O. The van der Waals surface area contributed by atoms with Crippen LogP contribution in [0.3, 0.4) is 0 Å². The van der Waals surface area contributed by atoms with Gasteiger partial charge in [-0.3, -0.25) is 4.79 Å². The average Bonchev–Trinajstić information content (AvgIpc) is 3.20. The zero-order chi connectivity index (χ0) is 22.1. The number of urea groups is 1. The molecular weight excluding hydrogens is 420 g/mol. The molecule has 1 aromatic heterocycles. The van der Waals surface area contributed by atoms with Crippen molar-refractivity contribution in [2.75, 3.05) is 15.5 Å². The Bertz CT molecular complexity index is 1300. The van der Waals surface area contributed by atoms with Gasteiger partial charge in [0.2, 0.25) is 5.91 Å². The van der Waals surface area contributed by atoms with Crippen LogP contribution in [-0.4, -0.2) is 22.2 Å². The molecular formula is C25H22N4O2S. The fourth-order valence-corrected chi connectivity index (χ4v) is 4.98. The van der Waals surface area contributed by atoms with E-state index in [-0.39, 0.29) is 17.2 Å². The summed E-state index contributed by atoms with van der Waals surface area (Å²) in [6, 6.07) is 23.1. The third-order valence-electron chi connectivity index (χ3n) is 5.45. The Labute approximate surface area is 190 Å². The molecule has 2 heterocycles. The number of carbonyl (C=O) groups excluding carboxylic acids is 2. The first-order valence-corrected chi connectivity index (χ1v) is 11.3. The van der Waals surface area contributed by atoms with E-state index in [4.69, 9.17) is 0 Å². The van der Waals surface area contributed by atoms with Crippen molar-refractivity contribution >= 4 is 51.7 Å². The molecule has 32 heavy (non-hydrogen) atoms. The highest BCUT2D eigenvalue weighted by atomic mass is 32.2. The molecule has 5 rings (SSSR count). The minimum absolute atomic E-state index is 0.0872. The molecule has 6 nitrogen and oxygen atoms in total. The van der Waals surface area contributed by atoms with Crippen molar-refractivity contribution in [3.63, 3.8) is 0 Å². The van der Waals surface area contributed by atoms with Crippen LogP contribution < -0.4 is 15.5 Å². The molecule has 0 saturated carbocycles. The standard InChI is InChI=1S/C25H22N4O2S/c1-16-24(30)29(15-17-7-3-2-4-8-17)22-12-11-18(13-23(22)32-16)27-25(31)28-21-14-26-20-10-6-5-9-19(20)21/h2-14,16,26H,15H2,1H3,(H2,27,28,31). The Balaban J connectivity index is 1.35. The number of nitrogens with one attached hydrogen (secondary N) is 3. The van der Waals surface area contributed by atoms with Crippen LogP contribution >= 0.6 is 11.8 Å². The second kappa shape index (κ2) is 8.43. The Morgan fingerprint density at radius 1 is 1.03 bits per heavy atom. The number of anilines is 3. The van der Waals surface area contributed by atoms with Gasteiger partial charge in [-0.15, -0.1) is 11.8 Å². The summed E-state index contributed by atoms with van der Waals surface area (Å²) in [5.74, 6) is 0.0872. The highest BCUT2D eigenvalue weighted by Crippen LogP contribution is 2.41. The molecule has 3 N–H and O–H groups in total. The lowest BCUT2D eigenvalue weighted by Crippen LogP contribution is -2.39. The summed E-state index contributed by atoms with van der Waals surface area (Å²) in [6.07, 6.45) is 1.78. The molecule has 160 valence electrons. The number of para-hydroxylation sites is 1. The summed E-state index contributed by atoms with van der Waals surface area (Å²) < 4.78 is 0. The highest BCUT2D eigenvalue weighted by molar-refractivity contribution is 8.01. The number of hydrogen-bond donors (Lipinski definition) is 3. The topological polar surface area (TPSA) is 77.2 Å². The predicted octanol–water partition coefficient (Wildman–Crippen LogP) is 5.84. The number of amides is 3. The molecule has 7 heteroatoms. The van der Waals surface area contributed by atoms with Crippen LogP contribution in [0.15, 0.2) is 83.9 Å². The smallest absolute Gasteiger partial charge is 0.323 e. The van der Waals surface area contributed by atoms with Gasteiger partial charge in [-0.05, 0) is 36.8 Å². The monoisotopic (exact) mass is 442 g/mol. The number of aromatic nitrogens is 1. The minimum Gasteiger partial charge on any atom is -0.359 e. The molecule has 0 fully saturated rings. The molecule has 0 aliphatic carbocycles. The highest BCUT2D eigenvalue weighted by Gasteiger charge is 2.31. The van der Waals surface area contributed by atoms with Crippen LogP contribution in [0.4, 0.5) is 21.9 Å². The molecule has 0 saturated heterocycles. The van der Waals surface area contributed by atoms with Gasteiger partial charge in [0, 0.05) is 27.7 Å². The van der Waals surface area contributed by atoms with Crippen LogP contribution in [0.2, 0.25) is 0 Å². The summed E-state index contributed by atoms with van der Waals surface area (Å²) in [5, 5.41) is 6.56. The number of thioether (sulfide) groups is 1. The Morgan fingerprint density at radius 2 is 1.81 bits per heavy atom. The van der Waals surface area contributed by atoms with E-state index in [1.54, 1.807) is 6.20 Å². The van der Waals surface area contributed by atoms with Crippen LogP contribution in [0.1, 0.15) is 12.5 Å². The fourth-order valence-electron chi connectivity index (χ4n) is 3.88. The summed E-state index contributed by atoms with van der Waals surface area (Å²) in [7, 11) is 0. The molecule has 3 aromatic carbocycles. The lowest BCUT2D eigenvalue weighted by Gasteiger charge is -2.32. The van der Waals surface area contributed by atoms with Gasteiger partial charge in [0.1, 0.15) is 0 Å². The van der Waals surface area contributed by atoms with Gasteiger partial charge in [0.25, 0.3) is 0 Å². The molecule has 0 bridgehead atoms. The van der Waals surface area contributed by atoms with Crippen molar-refractivity contribution in [2.45, 2.75) is 23.6 Å². The maximum atomic E-state index is 12.9. The number of carbonyl (C=O) groups is 2. The quantitative estimate of drug-likeness (QED) is 0.372. The average molecular weight is 443 g/mol. The van der Waals surface area contributed by atoms with Crippen molar-refractivity contribution in [3.05, 3.63) is 84.6 Å². The number of H-pyrrole nitrogens is 1. The zero-order valence-electron chi connectivity index (χ0n) is 17.5. The molecule has 0 spiro atoms. The van der Waals surface area contributed by atoms with E-state index in [2.05, 4.69) is 15.6 Å². The van der Waals surface area contributed by atoms with Gasteiger partial charge in [-0.1, -0.05) is 48.5 Å². The van der Waals surface area contributed by atoms with Crippen molar-refractivity contribution < 1.29 is 9.59 Å². The van der Waals surface area contributed by atoms with Gasteiger partial charge >= 0.3 is 6.03 Å². The molecule has 1 atom stereocenters. The maximum Gasteiger partial charge on any atom is 0.323 e. The maximum absolute atomic E-state index is 12.9. The van der Waals surface area contributed by atoms with Crippen LogP contribution in [0, 0.1) is 0 Å². The van der Waals surface area contributed by atoms with Gasteiger partial charge in [0.05, 0.1) is 23.2 Å². The summed E-state index contributed by atoms with van der Waals surface area (Å²) in [4.78, 5) is 31.4. The minimum atomic E-state index is -0.319.